The molecule has 0 unspecified atom stereocenters. The second kappa shape index (κ2) is 11.2. The summed E-state index contributed by atoms with van der Waals surface area (Å²) in [5.74, 6) is -0.175. The normalized spacial score (nSPS) is 15.0. The molecule has 0 aromatic heterocycles. The van der Waals surface area contributed by atoms with Crippen LogP contribution in [0.3, 0.4) is 0 Å². The lowest BCUT2D eigenvalue weighted by molar-refractivity contribution is -0.123. The molecule has 1 aliphatic heterocycles. The van der Waals surface area contributed by atoms with Gasteiger partial charge in [0.2, 0.25) is 0 Å². The number of ether oxygens (including phenoxy) is 1. The number of imide groups is 1. The zero-order valence-electron chi connectivity index (χ0n) is 18.8. The van der Waals surface area contributed by atoms with E-state index in [-0.39, 0.29) is 39.7 Å². The Morgan fingerprint density at radius 2 is 1.81 bits per heavy atom. The number of rotatable bonds is 8. The van der Waals surface area contributed by atoms with Crippen molar-refractivity contribution in [3.63, 3.8) is 0 Å². The van der Waals surface area contributed by atoms with Crippen molar-refractivity contribution in [1.82, 2.24) is 4.90 Å². The molecule has 36 heavy (non-hydrogen) atoms. The van der Waals surface area contributed by atoms with Crippen molar-refractivity contribution in [2.45, 2.75) is 18.4 Å². The molecule has 0 atom stereocenters. The Morgan fingerprint density at radius 3 is 2.50 bits per heavy atom. The molecular formula is C25H19ClINO6S2. The van der Waals surface area contributed by atoms with E-state index in [2.05, 4.69) is 0 Å². The lowest BCUT2D eigenvalue weighted by Crippen LogP contribution is -2.27. The van der Waals surface area contributed by atoms with E-state index in [4.69, 9.17) is 20.5 Å². The fraction of sp³-hybridized carbons (Fsp3) is 0.120. The summed E-state index contributed by atoms with van der Waals surface area (Å²) in [5.41, 5.74) is 1.29. The first kappa shape index (κ1) is 26.5. The van der Waals surface area contributed by atoms with Gasteiger partial charge < -0.3 is 8.92 Å². The molecule has 11 heteroatoms. The molecule has 0 aliphatic carbocycles. The summed E-state index contributed by atoms with van der Waals surface area (Å²) in [4.78, 5) is 26.9. The molecule has 186 valence electrons. The fourth-order valence-electron chi connectivity index (χ4n) is 3.37. The molecule has 1 fully saturated rings. The maximum atomic E-state index is 13.0. The van der Waals surface area contributed by atoms with Gasteiger partial charge in [-0.2, -0.15) is 8.42 Å². The van der Waals surface area contributed by atoms with Gasteiger partial charge in [0.15, 0.2) is 11.5 Å². The molecule has 4 rings (SSSR count). The van der Waals surface area contributed by atoms with Crippen LogP contribution in [-0.4, -0.2) is 31.1 Å². The van der Waals surface area contributed by atoms with Crippen molar-refractivity contribution in [3.05, 3.63) is 91.4 Å². The Bertz CT molecular complexity index is 1460. The minimum Gasteiger partial charge on any atom is -0.490 e. The first-order chi connectivity index (χ1) is 17.2. The van der Waals surface area contributed by atoms with E-state index in [1.165, 1.54) is 12.1 Å². The van der Waals surface area contributed by atoms with E-state index in [0.29, 0.717) is 14.2 Å². The Kier molecular flexibility index (Phi) is 8.28. The lowest BCUT2D eigenvalue weighted by Gasteiger charge is -2.15. The lowest BCUT2D eigenvalue weighted by atomic mass is 10.1. The highest BCUT2D eigenvalue weighted by molar-refractivity contribution is 14.1. The Hall–Kier alpha value is -2.54. The zero-order valence-corrected chi connectivity index (χ0v) is 23.4. The number of nitrogens with zero attached hydrogens (tertiary/aromatic N) is 1. The second-order valence-corrected chi connectivity index (χ2v) is 11.6. The number of hydrogen-bond acceptors (Lipinski definition) is 7. The van der Waals surface area contributed by atoms with Crippen LogP contribution in [0.5, 0.6) is 11.5 Å². The van der Waals surface area contributed by atoms with Crippen LogP contribution in [0.25, 0.3) is 6.08 Å². The first-order valence-corrected chi connectivity index (χ1v) is 14.3. The summed E-state index contributed by atoms with van der Waals surface area (Å²) < 4.78 is 37.1. The predicted octanol–water partition coefficient (Wildman–Crippen LogP) is 6.35. The van der Waals surface area contributed by atoms with E-state index < -0.39 is 16.0 Å². The van der Waals surface area contributed by atoms with Crippen molar-refractivity contribution in [1.29, 1.82) is 0 Å². The van der Waals surface area contributed by atoms with Crippen LogP contribution in [0.1, 0.15) is 18.1 Å². The van der Waals surface area contributed by atoms with Crippen LogP contribution in [0, 0.1) is 3.57 Å². The van der Waals surface area contributed by atoms with Gasteiger partial charge in [0.25, 0.3) is 11.1 Å². The fourth-order valence-corrected chi connectivity index (χ4v) is 6.28. The third-order valence-corrected chi connectivity index (χ3v) is 8.14. The molecule has 1 heterocycles. The number of thioether (sulfide) groups is 1. The van der Waals surface area contributed by atoms with E-state index in [1.54, 1.807) is 67.6 Å². The molecule has 1 saturated heterocycles. The first-order valence-electron chi connectivity index (χ1n) is 10.6. The van der Waals surface area contributed by atoms with Crippen LogP contribution in [0.2, 0.25) is 5.02 Å². The quantitative estimate of drug-likeness (QED) is 0.159. The summed E-state index contributed by atoms with van der Waals surface area (Å²) in [6, 6.07) is 18.0. The van der Waals surface area contributed by atoms with Gasteiger partial charge in [-0.3, -0.25) is 14.5 Å². The summed E-state index contributed by atoms with van der Waals surface area (Å²) in [6.45, 7) is 2.13. The predicted molar refractivity (Wildman–Crippen MR) is 148 cm³/mol. The minimum atomic E-state index is -4.09. The number of benzene rings is 3. The van der Waals surface area contributed by atoms with Gasteiger partial charge in [-0.1, -0.05) is 41.9 Å². The molecule has 3 aromatic carbocycles. The highest BCUT2D eigenvalue weighted by Gasteiger charge is 2.35. The summed E-state index contributed by atoms with van der Waals surface area (Å²) in [7, 11) is -4.09. The van der Waals surface area contributed by atoms with Gasteiger partial charge in [-0.05, 0) is 94.9 Å². The Labute approximate surface area is 231 Å². The van der Waals surface area contributed by atoms with Crippen molar-refractivity contribution in [2.75, 3.05) is 6.61 Å². The second-order valence-electron chi connectivity index (χ2n) is 7.51. The molecule has 2 amide bonds. The monoisotopic (exact) mass is 655 g/mol. The van der Waals surface area contributed by atoms with E-state index in [9.17, 15) is 18.0 Å². The van der Waals surface area contributed by atoms with Crippen LogP contribution in [0.4, 0.5) is 4.79 Å². The largest absolute Gasteiger partial charge is 0.490 e. The van der Waals surface area contributed by atoms with Crippen LogP contribution in [0.15, 0.2) is 76.5 Å². The maximum absolute atomic E-state index is 13.0. The van der Waals surface area contributed by atoms with Gasteiger partial charge in [0, 0.05) is 5.02 Å². The van der Waals surface area contributed by atoms with Gasteiger partial charge in [-0.15, -0.1) is 0 Å². The van der Waals surface area contributed by atoms with Gasteiger partial charge in [0.05, 0.1) is 21.6 Å². The van der Waals surface area contributed by atoms with E-state index in [1.807, 2.05) is 22.6 Å². The van der Waals surface area contributed by atoms with Crippen molar-refractivity contribution >= 4 is 73.3 Å². The van der Waals surface area contributed by atoms with Crippen molar-refractivity contribution in [2.24, 2.45) is 0 Å². The molecule has 0 saturated carbocycles. The summed E-state index contributed by atoms with van der Waals surface area (Å²) >= 11 is 8.80. The molecule has 0 N–H and O–H groups in total. The molecule has 3 aromatic rings. The van der Waals surface area contributed by atoms with Crippen LogP contribution < -0.4 is 8.92 Å². The molecule has 0 spiro atoms. The smallest absolute Gasteiger partial charge is 0.339 e. The number of carbonyl (C=O) groups is 2. The molecule has 0 bridgehead atoms. The summed E-state index contributed by atoms with van der Waals surface area (Å²) in [6.07, 6.45) is 1.57. The SMILES string of the molecule is CCOc1cc(/C=C2\SC(=O)N(Cc3cccc(Cl)c3)C2=O)cc(I)c1OS(=O)(=O)c1ccccc1. The Balaban J connectivity index is 1.62. The highest BCUT2D eigenvalue weighted by atomic mass is 127. The molecule has 0 radical (unpaired) electrons. The van der Waals surface area contributed by atoms with Gasteiger partial charge in [-0.25, -0.2) is 0 Å². The number of carbonyl (C=O) groups excluding carboxylic acids is 2. The van der Waals surface area contributed by atoms with Crippen LogP contribution in [-0.2, 0) is 21.5 Å². The highest BCUT2D eigenvalue weighted by Crippen LogP contribution is 2.39. The number of amides is 2. The van der Waals surface area contributed by atoms with E-state index in [0.717, 1.165) is 22.2 Å². The average Bonchev–Trinajstić information content (AvgIpc) is 3.09. The van der Waals surface area contributed by atoms with Gasteiger partial charge >= 0.3 is 10.1 Å². The standard InChI is InChI=1S/C25H19ClINO6S2/c1-2-33-21-13-17(12-20(27)23(21)34-36(31,32)19-9-4-3-5-10-19)14-22-24(29)28(25(30)35-22)15-16-7-6-8-18(26)11-16/h3-14H,2,15H2,1H3/b22-14-. The summed E-state index contributed by atoms with van der Waals surface area (Å²) in [5, 5.41) is 0.129. The van der Waals surface area contributed by atoms with Crippen molar-refractivity contribution < 1.29 is 26.9 Å². The molecule has 7 nitrogen and oxygen atoms in total. The molecular weight excluding hydrogens is 637 g/mol. The third-order valence-electron chi connectivity index (χ3n) is 4.96. The average molecular weight is 656 g/mol. The molecule has 1 aliphatic rings. The topological polar surface area (TPSA) is 90.0 Å². The Morgan fingerprint density at radius 1 is 1.06 bits per heavy atom. The number of halogens is 2. The van der Waals surface area contributed by atoms with Crippen molar-refractivity contribution in [3.8, 4) is 11.5 Å². The third kappa shape index (κ3) is 6.05. The van der Waals surface area contributed by atoms with E-state index >= 15 is 0 Å². The minimum absolute atomic E-state index is 0.0145. The maximum Gasteiger partial charge on any atom is 0.339 e. The van der Waals surface area contributed by atoms with Crippen LogP contribution >= 0.6 is 46.0 Å². The van der Waals surface area contributed by atoms with Gasteiger partial charge in [0.1, 0.15) is 4.90 Å². The number of hydrogen-bond donors (Lipinski definition) is 0. The zero-order chi connectivity index (χ0) is 25.9.